The van der Waals surface area contributed by atoms with Crippen LogP contribution in [0.3, 0.4) is 0 Å². The molecule has 1 saturated heterocycles. The third-order valence-electron chi connectivity index (χ3n) is 3.57. The highest BCUT2D eigenvalue weighted by Gasteiger charge is 2.18. The van der Waals surface area contributed by atoms with Crippen molar-refractivity contribution >= 4 is 29.0 Å². The van der Waals surface area contributed by atoms with Crippen LogP contribution in [0, 0.1) is 0 Å². The second-order valence-corrected chi connectivity index (χ2v) is 5.95. The first-order chi connectivity index (χ1) is 9.16. The molecule has 1 aromatic rings. The van der Waals surface area contributed by atoms with Gasteiger partial charge in [0.25, 0.3) is 0 Å². The van der Waals surface area contributed by atoms with Crippen molar-refractivity contribution in [3.8, 4) is 0 Å². The van der Waals surface area contributed by atoms with Crippen LogP contribution in [-0.4, -0.2) is 18.4 Å². The lowest BCUT2D eigenvalue weighted by Crippen LogP contribution is -2.33. The Kier molecular flexibility index (Phi) is 5.68. The summed E-state index contributed by atoms with van der Waals surface area (Å²) in [7, 11) is 0. The quantitative estimate of drug-likeness (QED) is 0.833. The number of hydrogen-bond acceptors (Lipinski definition) is 2. The second kappa shape index (κ2) is 7.28. The van der Waals surface area contributed by atoms with Gasteiger partial charge in [-0.2, -0.15) is 0 Å². The molecule has 4 heteroatoms. The molecule has 1 heterocycles. The molecule has 1 fully saturated rings. The highest BCUT2D eigenvalue weighted by atomic mass is 35.5. The smallest absolute Gasteiger partial charge is 0.165 e. The van der Waals surface area contributed by atoms with Crippen LogP contribution in [0.1, 0.15) is 48.9 Å². The number of benzene rings is 1. The van der Waals surface area contributed by atoms with Crippen LogP contribution in [-0.2, 0) is 0 Å². The van der Waals surface area contributed by atoms with Crippen molar-refractivity contribution < 1.29 is 4.79 Å². The second-order valence-electron chi connectivity index (χ2n) is 5.11. The number of halogens is 2. The summed E-state index contributed by atoms with van der Waals surface area (Å²) in [5, 5.41) is 4.50. The summed E-state index contributed by atoms with van der Waals surface area (Å²) in [6.07, 6.45) is 6.50. The lowest BCUT2D eigenvalue weighted by atomic mass is 9.97. The molecule has 0 spiro atoms. The number of Topliss-reactive ketones (excluding diaryl/α,β-unsaturated/α-hetero) is 1. The van der Waals surface area contributed by atoms with Gasteiger partial charge < -0.3 is 5.32 Å². The lowest BCUT2D eigenvalue weighted by Gasteiger charge is -2.21. The Bertz CT molecular complexity index is 440. The Morgan fingerprint density at radius 2 is 2.00 bits per heavy atom. The van der Waals surface area contributed by atoms with Crippen LogP contribution in [0.25, 0.3) is 0 Å². The number of rotatable bonds is 3. The number of nitrogens with one attached hydrogen (secondary N) is 1. The van der Waals surface area contributed by atoms with Crippen molar-refractivity contribution in [1.82, 2.24) is 5.32 Å². The van der Waals surface area contributed by atoms with Crippen LogP contribution in [0.15, 0.2) is 18.2 Å². The summed E-state index contributed by atoms with van der Waals surface area (Å²) >= 11 is 12.0. The third kappa shape index (κ3) is 4.48. The zero-order chi connectivity index (χ0) is 13.7. The molecule has 1 N–H and O–H groups in total. The lowest BCUT2D eigenvalue weighted by molar-refractivity contribution is 0.0966. The first kappa shape index (κ1) is 14.8. The van der Waals surface area contributed by atoms with E-state index in [1.54, 1.807) is 18.2 Å². The SMILES string of the molecule is O=C(CC1CCCCCCN1)c1cc(Cl)ccc1Cl. The number of ketones is 1. The van der Waals surface area contributed by atoms with Gasteiger partial charge in [-0.15, -0.1) is 0 Å². The first-order valence-corrected chi connectivity index (χ1v) is 7.64. The van der Waals surface area contributed by atoms with Gasteiger partial charge in [0, 0.05) is 23.0 Å². The van der Waals surface area contributed by atoms with Crippen molar-refractivity contribution in [2.45, 2.75) is 44.6 Å². The number of hydrogen-bond donors (Lipinski definition) is 1. The van der Waals surface area contributed by atoms with Crippen molar-refractivity contribution in [1.29, 1.82) is 0 Å². The van der Waals surface area contributed by atoms with Crippen LogP contribution < -0.4 is 5.32 Å². The van der Waals surface area contributed by atoms with Gasteiger partial charge in [-0.3, -0.25) is 4.79 Å². The monoisotopic (exact) mass is 299 g/mol. The van der Waals surface area contributed by atoms with E-state index in [1.807, 2.05) is 0 Å². The standard InChI is InChI=1S/C15H19Cl2NO/c16-11-6-7-14(17)13(9-11)15(19)10-12-5-3-1-2-4-8-18-12/h6-7,9,12,18H,1-5,8,10H2. The molecule has 1 aliphatic rings. The van der Waals surface area contributed by atoms with Crippen molar-refractivity contribution in [3.05, 3.63) is 33.8 Å². The highest BCUT2D eigenvalue weighted by molar-refractivity contribution is 6.35. The Morgan fingerprint density at radius 3 is 2.84 bits per heavy atom. The van der Waals surface area contributed by atoms with Crippen LogP contribution in [0.2, 0.25) is 10.0 Å². The van der Waals surface area contributed by atoms with Gasteiger partial charge in [0.05, 0.1) is 5.02 Å². The van der Waals surface area contributed by atoms with Gasteiger partial charge >= 0.3 is 0 Å². The Balaban J connectivity index is 2.00. The van der Waals surface area contributed by atoms with Gasteiger partial charge in [0.1, 0.15) is 0 Å². The summed E-state index contributed by atoms with van der Waals surface area (Å²) in [4.78, 5) is 12.3. The minimum Gasteiger partial charge on any atom is -0.314 e. The van der Waals surface area contributed by atoms with E-state index in [0.717, 1.165) is 13.0 Å². The highest BCUT2D eigenvalue weighted by Crippen LogP contribution is 2.23. The third-order valence-corrected chi connectivity index (χ3v) is 4.14. The van der Waals surface area contributed by atoms with E-state index in [2.05, 4.69) is 5.32 Å². The fourth-order valence-corrected chi connectivity index (χ4v) is 2.89. The summed E-state index contributed by atoms with van der Waals surface area (Å²) < 4.78 is 0. The first-order valence-electron chi connectivity index (χ1n) is 6.88. The molecular formula is C15H19Cl2NO. The number of carbonyl (C=O) groups is 1. The Hall–Kier alpha value is -0.570. The zero-order valence-corrected chi connectivity index (χ0v) is 12.4. The van der Waals surface area contributed by atoms with Crippen LogP contribution in [0.5, 0.6) is 0 Å². The maximum absolute atomic E-state index is 12.3. The van der Waals surface area contributed by atoms with Gasteiger partial charge in [-0.25, -0.2) is 0 Å². The summed E-state index contributed by atoms with van der Waals surface area (Å²) in [6, 6.07) is 5.31. The topological polar surface area (TPSA) is 29.1 Å². The fourth-order valence-electron chi connectivity index (χ4n) is 2.50. The average molecular weight is 300 g/mol. The summed E-state index contributed by atoms with van der Waals surface area (Å²) in [5.41, 5.74) is 0.540. The van der Waals surface area contributed by atoms with E-state index in [1.165, 1.54) is 25.7 Å². The molecule has 0 radical (unpaired) electrons. The molecule has 1 aliphatic heterocycles. The minimum absolute atomic E-state index is 0.0746. The zero-order valence-electron chi connectivity index (χ0n) is 10.9. The van der Waals surface area contributed by atoms with E-state index < -0.39 is 0 Å². The Morgan fingerprint density at radius 1 is 1.21 bits per heavy atom. The molecule has 0 saturated carbocycles. The molecular weight excluding hydrogens is 281 g/mol. The number of carbonyl (C=O) groups excluding carboxylic acids is 1. The minimum atomic E-state index is 0.0746. The van der Waals surface area contributed by atoms with Gasteiger partial charge in [0.15, 0.2) is 5.78 Å². The molecule has 2 nitrogen and oxygen atoms in total. The summed E-state index contributed by atoms with van der Waals surface area (Å²) in [5.74, 6) is 0.0746. The largest absolute Gasteiger partial charge is 0.314 e. The maximum atomic E-state index is 12.3. The van der Waals surface area contributed by atoms with E-state index in [9.17, 15) is 4.79 Å². The van der Waals surface area contributed by atoms with E-state index >= 15 is 0 Å². The van der Waals surface area contributed by atoms with E-state index in [-0.39, 0.29) is 11.8 Å². The van der Waals surface area contributed by atoms with E-state index in [4.69, 9.17) is 23.2 Å². The molecule has 1 aromatic carbocycles. The molecule has 0 aliphatic carbocycles. The van der Waals surface area contributed by atoms with Crippen LogP contribution in [0.4, 0.5) is 0 Å². The van der Waals surface area contributed by atoms with E-state index in [0.29, 0.717) is 22.0 Å². The van der Waals surface area contributed by atoms with Crippen LogP contribution >= 0.6 is 23.2 Å². The summed E-state index contributed by atoms with van der Waals surface area (Å²) in [6.45, 7) is 1.00. The molecule has 0 amide bonds. The normalized spacial score (nSPS) is 20.6. The molecule has 0 aromatic heterocycles. The molecule has 1 unspecified atom stereocenters. The van der Waals surface area contributed by atoms with Gasteiger partial charge in [-0.05, 0) is 37.6 Å². The molecule has 2 rings (SSSR count). The molecule has 1 atom stereocenters. The predicted octanol–water partition coefficient (Wildman–Crippen LogP) is 4.49. The van der Waals surface area contributed by atoms with Crippen molar-refractivity contribution in [2.24, 2.45) is 0 Å². The van der Waals surface area contributed by atoms with Crippen molar-refractivity contribution in [2.75, 3.05) is 6.54 Å². The predicted molar refractivity (Wildman–Crippen MR) is 80.3 cm³/mol. The van der Waals surface area contributed by atoms with Gasteiger partial charge in [-0.1, -0.05) is 42.5 Å². The van der Waals surface area contributed by atoms with Gasteiger partial charge in [0.2, 0.25) is 0 Å². The molecule has 104 valence electrons. The molecule has 0 bridgehead atoms. The average Bonchev–Trinajstić information content (AvgIpc) is 2.35. The van der Waals surface area contributed by atoms with Crippen molar-refractivity contribution in [3.63, 3.8) is 0 Å². The maximum Gasteiger partial charge on any atom is 0.165 e. The fraction of sp³-hybridized carbons (Fsp3) is 0.533. The Labute approximate surface area is 124 Å². The molecule has 19 heavy (non-hydrogen) atoms.